The van der Waals surface area contributed by atoms with Gasteiger partial charge in [0.05, 0.1) is 0 Å². The lowest BCUT2D eigenvalue weighted by molar-refractivity contribution is -0.142. The van der Waals surface area contributed by atoms with Crippen LogP contribution >= 0.6 is 15.9 Å². The number of fused-ring (bicyclic) bond motifs is 5. The highest BCUT2D eigenvalue weighted by molar-refractivity contribution is 9.10. The van der Waals surface area contributed by atoms with Gasteiger partial charge in [-0.15, -0.1) is 0 Å². The van der Waals surface area contributed by atoms with Gasteiger partial charge >= 0.3 is 6.09 Å². The van der Waals surface area contributed by atoms with Gasteiger partial charge in [0.15, 0.2) is 5.82 Å². The molecule has 10 nitrogen and oxygen atoms in total. The molecule has 1 aromatic heterocycles. The number of aromatic nitrogens is 2. The Hall–Kier alpha value is -3.57. The van der Waals surface area contributed by atoms with Gasteiger partial charge in [0.1, 0.15) is 21.5 Å². The Morgan fingerprint density at radius 3 is 2.13 bits per heavy atom. The number of nitrogens with zero attached hydrogens (tertiary/aromatic N) is 3. The molecule has 47 heavy (non-hydrogen) atoms. The Labute approximate surface area is 284 Å². The SMILES string of the molecule is Cc1noc([C@H](CCCCN2C(=O)C3(N)C4(C)CC(C)(C(c5ccccc5)C4c4ccccc4)C3(Br)C2=O)NC(=O)OC(C)(C)C)n1. The summed E-state index contributed by atoms with van der Waals surface area (Å²) in [6.07, 6.45) is 1.51. The van der Waals surface area contributed by atoms with E-state index < -0.39 is 38.4 Å². The van der Waals surface area contributed by atoms with E-state index in [9.17, 15) is 14.4 Å². The average molecular weight is 707 g/mol. The number of unbranched alkanes of at least 4 members (excludes halogenated alkanes) is 1. The summed E-state index contributed by atoms with van der Waals surface area (Å²) < 4.78 is 9.53. The molecule has 3 fully saturated rings. The first kappa shape index (κ1) is 33.3. The van der Waals surface area contributed by atoms with Crippen molar-refractivity contribution in [2.24, 2.45) is 16.6 Å². The first-order valence-electron chi connectivity index (χ1n) is 16.3. The molecule has 2 heterocycles. The van der Waals surface area contributed by atoms with Gasteiger partial charge in [-0.2, -0.15) is 4.98 Å². The van der Waals surface area contributed by atoms with Crippen LogP contribution in [0.5, 0.6) is 0 Å². The van der Waals surface area contributed by atoms with Crippen molar-refractivity contribution in [1.82, 2.24) is 20.4 Å². The molecule has 3 aliphatic rings. The molecule has 3 amide bonds. The fourth-order valence-corrected chi connectivity index (χ4v) is 10.2. The third kappa shape index (κ3) is 4.94. The molecule has 2 aliphatic carbocycles. The lowest BCUT2D eigenvalue weighted by atomic mass is 9.52. The van der Waals surface area contributed by atoms with E-state index in [0.717, 1.165) is 11.1 Å². The summed E-state index contributed by atoms with van der Waals surface area (Å²) in [6, 6.07) is 20.0. The maximum absolute atomic E-state index is 14.6. The van der Waals surface area contributed by atoms with Crippen LogP contribution < -0.4 is 11.1 Å². The lowest BCUT2D eigenvalue weighted by Gasteiger charge is -2.54. The van der Waals surface area contributed by atoms with Crippen molar-refractivity contribution >= 4 is 33.8 Å². The second-order valence-corrected chi connectivity index (χ2v) is 16.1. The molecule has 6 rings (SSSR count). The number of hydrogen-bond donors (Lipinski definition) is 2. The monoisotopic (exact) mass is 705 g/mol. The molecule has 2 bridgehead atoms. The highest BCUT2D eigenvalue weighted by atomic mass is 79.9. The van der Waals surface area contributed by atoms with E-state index >= 15 is 0 Å². The van der Waals surface area contributed by atoms with Crippen molar-refractivity contribution in [2.75, 3.05) is 6.54 Å². The average Bonchev–Trinajstić information content (AvgIpc) is 3.65. The minimum absolute atomic E-state index is 0.0543. The van der Waals surface area contributed by atoms with Crippen molar-refractivity contribution in [3.8, 4) is 0 Å². The Balaban J connectivity index is 1.26. The van der Waals surface area contributed by atoms with Crippen LogP contribution in [0.4, 0.5) is 4.79 Å². The van der Waals surface area contributed by atoms with E-state index in [2.05, 4.69) is 69.5 Å². The number of likely N-dealkylation sites (tertiary alicyclic amines) is 1. The number of alkyl carbamates (subject to hydrolysis) is 1. The number of nitrogens with two attached hydrogens (primary N) is 1. The second kappa shape index (κ2) is 11.5. The molecule has 11 heteroatoms. The number of rotatable bonds is 9. The minimum Gasteiger partial charge on any atom is -0.444 e. The standard InChI is InChI=1S/C36H44BrN5O5/c1-22-39-28(47-41-22)25(40-31(45)46-32(2,3)4)19-13-14-20-42-29(43)35(37)33(5)21-34(6,36(35,38)30(42)44)27(24-17-11-8-12-18-24)26(33)23-15-9-7-10-16-23/h7-12,15-18,25-27H,13-14,19-21,38H2,1-6H3,(H,40,45)/t25-,26?,27?,33?,34?,35?,36?/m0/s1. The number of ether oxygens (including phenoxy) is 1. The van der Waals surface area contributed by atoms with Crippen molar-refractivity contribution in [3.05, 3.63) is 83.5 Å². The molecule has 2 aromatic carbocycles. The lowest BCUT2D eigenvalue weighted by Crippen LogP contribution is -2.71. The van der Waals surface area contributed by atoms with Crippen LogP contribution in [0.25, 0.3) is 0 Å². The summed E-state index contributed by atoms with van der Waals surface area (Å²) in [5, 5.41) is 6.70. The molecule has 2 saturated carbocycles. The van der Waals surface area contributed by atoms with Crippen LogP contribution in [0.15, 0.2) is 65.2 Å². The van der Waals surface area contributed by atoms with Crippen LogP contribution in [0, 0.1) is 17.8 Å². The van der Waals surface area contributed by atoms with Crippen LogP contribution in [0.2, 0.25) is 0 Å². The third-order valence-corrected chi connectivity index (χ3v) is 12.6. The number of aryl methyl sites for hydroxylation is 1. The quantitative estimate of drug-likeness (QED) is 0.150. The molecule has 3 aromatic rings. The van der Waals surface area contributed by atoms with Gasteiger partial charge < -0.3 is 20.3 Å². The maximum Gasteiger partial charge on any atom is 0.408 e. The van der Waals surface area contributed by atoms with Gasteiger partial charge in [0.2, 0.25) is 11.8 Å². The van der Waals surface area contributed by atoms with Gasteiger partial charge in [-0.1, -0.05) is 95.6 Å². The molecule has 6 unspecified atom stereocenters. The number of alkyl halides is 1. The van der Waals surface area contributed by atoms with Gasteiger partial charge in [-0.25, -0.2) is 4.79 Å². The van der Waals surface area contributed by atoms with E-state index in [0.29, 0.717) is 31.5 Å². The largest absolute Gasteiger partial charge is 0.444 e. The first-order valence-corrected chi connectivity index (χ1v) is 17.1. The first-order chi connectivity index (χ1) is 22.1. The van der Waals surface area contributed by atoms with Crippen LogP contribution in [-0.2, 0) is 14.3 Å². The Bertz CT molecular complexity index is 1600. The zero-order chi connectivity index (χ0) is 34.0. The summed E-state index contributed by atoms with van der Waals surface area (Å²) in [7, 11) is 0. The number of halogens is 1. The molecule has 1 aliphatic heterocycles. The minimum atomic E-state index is -1.46. The van der Waals surface area contributed by atoms with Crippen LogP contribution in [0.1, 0.15) is 101 Å². The molecule has 1 saturated heterocycles. The zero-order valence-corrected chi connectivity index (χ0v) is 29.5. The van der Waals surface area contributed by atoms with Crippen LogP contribution in [0.3, 0.4) is 0 Å². The highest BCUT2D eigenvalue weighted by Gasteiger charge is 2.89. The second-order valence-electron chi connectivity index (χ2n) is 14.9. The van der Waals surface area contributed by atoms with Crippen molar-refractivity contribution in [3.63, 3.8) is 0 Å². The number of carbonyl (C=O) groups excluding carboxylic acids is 3. The number of nitrogens with one attached hydrogen (secondary N) is 1. The van der Waals surface area contributed by atoms with E-state index in [1.165, 1.54) is 4.90 Å². The van der Waals surface area contributed by atoms with E-state index in [4.69, 9.17) is 15.0 Å². The fraction of sp³-hybridized carbons (Fsp3) is 0.528. The Kier molecular flexibility index (Phi) is 8.19. The van der Waals surface area contributed by atoms with Gasteiger partial charge in [-0.3, -0.25) is 14.5 Å². The van der Waals surface area contributed by atoms with E-state index in [-0.39, 0.29) is 36.1 Å². The third-order valence-electron chi connectivity index (χ3n) is 10.8. The number of amides is 3. The summed E-state index contributed by atoms with van der Waals surface area (Å²) in [4.78, 5) is 47.4. The molecular weight excluding hydrogens is 662 g/mol. The maximum atomic E-state index is 14.6. The Morgan fingerprint density at radius 2 is 1.60 bits per heavy atom. The molecular formula is C36H44BrN5O5. The smallest absolute Gasteiger partial charge is 0.408 e. The molecule has 3 N–H and O–H groups in total. The summed E-state index contributed by atoms with van der Waals surface area (Å²) in [6.45, 7) is 11.5. The molecule has 7 atom stereocenters. The molecule has 0 radical (unpaired) electrons. The Morgan fingerprint density at radius 1 is 1.02 bits per heavy atom. The number of imide groups is 1. The van der Waals surface area contributed by atoms with Gasteiger partial charge in [0, 0.05) is 17.4 Å². The van der Waals surface area contributed by atoms with Gasteiger partial charge in [-0.05, 0) is 76.3 Å². The summed E-state index contributed by atoms with van der Waals surface area (Å²) in [5.41, 5.74) is 6.13. The van der Waals surface area contributed by atoms with Crippen molar-refractivity contribution in [2.45, 2.75) is 101 Å². The number of benzene rings is 2. The predicted octanol–water partition coefficient (Wildman–Crippen LogP) is 6.31. The summed E-state index contributed by atoms with van der Waals surface area (Å²) in [5.74, 6) is -0.0326. The van der Waals surface area contributed by atoms with E-state index in [1.54, 1.807) is 27.7 Å². The van der Waals surface area contributed by atoms with Crippen LogP contribution in [-0.4, -0.2) is 55.0 Å². The topological polar surface area (TPSA) is 141 Å². The van der Waals surface area contributed by atoms with E-state index in [1.807, 2.05) is 36.4 Å². The predicted molar refractivity (Wildman–Crippen MR) is 179 cm³/mol. The highest BCUT2D eigenvalue weighted by Crippen LogP contribution is 2.82. The molecule has 250 valence electrons. The summed E-state index contributed by atoms with van der Waals surface area (Å²) >= 11 is 3.95. The number of carbonyl (C=O) groups is 3. The van der Waals surface area contributed by atoms with Crippen molar-refractivity contribution in [1.29, 1.82) is 0 Å². The fourth-order valence-electron chi connectivity index (χ4n) is 9.00. The zero-order valence-electron chi connectivity index (χ0n) is 27.9. The van der Waals surface area contributed by atoms with Gasteiger partial charge in [0.25, 0.3) is 5.91 Å². The van der Waals surface area contributed by atoms with Crippen molar-refractivity contribution < 1.29 is 23.6 Å². The normalized spacial score (nSPS) is 32.0. The molecule has 0 spiro atoms. The number of hydrogen-bond acceptors (Lipinski definition) is 8.